The van der Waals surface area contributed by atoms with Gasteiger partial charge in [-0.15, -0.1) is 0 Å². The molecular formula is C74H131NO13. The Morgan fingerprint density at radius 3 is 1.20 bits per heavy atom. The minimum absolute atomic E-state index is 0.205. The average molecular weight is 1240 g/mol. The summed E-state index contributed by atoms with van der Waals surface area (Å²) >= 11 is 0. The van der Waals surface area contributed by atoms with E-state index in [1.165, 1.54) is 161 Å². The number of aliphatic hydroxyl groups excluding tert-OH is 8. The van der Waals surface area contributed by atoms with Gasteiger partial charge in [-0.05, 0) is 70.6 Å². The van der Waals surface area contributed by atoms with E-state index in [0.29, 0.717) is 12.8 Å². The second kappa shape index (κ2) is 58.0. The molecule has 2 rings (SSSR count). The minimum atomic E-state index is -1.78. The molecule has 14 nitrogen and oxygen atoms in total. The molecule has 0 aromatic carbocycles. The van der Waals surface area contributed by atoms with Crippen LogP contribution in [0.5, 0.6) is 0 Å². The first-order chi connectivity index (χ1) is 43.1. The summed E-state index contributed by atoms with van der Waals surface area (Å²) in [5, 5.41) is 87.4. The molecule has 0 aliphatic carbocycles. The molecule has 2 aliphatic heterocycles. The highest BCUT2D eigenvalue weighted by molar-refractivity contribution is 5.76. The van der Waals surface area contributed by atoms with Gasteiger partial charge in [0.15, 0.2) is 12.6 Å². The van der Waals surface area contributed by atoms with Crippen molar-refractivity contribution < 1.29 is 64.6 Å². The van der Waals surface area contributed by atoms with E-state index in [2.05, 4.69) is 104 Å². The first kappa shape index (κ1) is 81.3. The van der Waals surface area contributed by atoms with Crippen LogP contribution in [0.25, 0.3) is 0 Å². The number of amides is 1. The van der Waals surface area contributed by atoms with E-state index in [0.717, 1.165) is 96.3 Å². The zero-order chi connectivity index (χ0) is 63.8. The Hall–Kier alpha value is -2.83. The Labute approximate surface area is 535 Å². The summed E-state index contributed by atoms with van der Waals surface area (Å²) in [6.45, 7) is 2.76. The predicted octanol–water partition coefficient (Wildman–Crippen LogP) is 14.8. The van der Waals surface area contributed by atoms with Gasteiger partial charge in [0, 0.05) is 6.42 Å². The van der Waals surface area contributed by atoms with Crippen LogP contribution in [0.4, 0.5) is 0 Å². The van der Waals surface area contributed by atoms with Gasteiger partial charge < -0.3 is 65.1 Å². The van der Waals surface area contributed by atoms with Gasteiger partial charge in [0.05, 0.1) is 32.0 Å². The van der Waals surface area contributed by atoms with Crippen LogP contribution in [0.15, 0.2) is 85.1 Å². The highest BCUT2D eigenvalue weighted by Crippen LogP contribution is 2.30. The molecule has 88 heavy (non-hydrogen) atoms. The van der Waals surface area contributed by atoms with Crippen molar-refractivity contribution in [3.63, 3.8) is 0 Å². The summed E-state index contributed by atoms with van der Waals surface area (Å²) in [6, 6.07) is -0.830. The first-order valence-electron chi connectivity index (χ1n) is 35.8. The fraction of sp³-hybridized carbons (Fsp3) is 0.797. The fourth-order valence-electron chi connectivity index (χ4n) is 11.5. The molecule has 510 valence electrons. The van der Waals surface area contributed by atoms with Gasteiger partial charge in [0.2, 0.25) is 5.91 Å². The van der Waals surface area contributed by atoms with Crippen LogP contribution in [0.2, 0.25) is 0 Å². The van der Waals surface area contributed by atoms with Gasteiger partial charge in [-0.3, -0.25) is 4.79 Å². The third-order valence-electron chi connectivity index (χ3n) is 17.1. The number of carbonyl (C=O) groups excluding carboxylic acids is 1. The summed E-state index contributed by atoms with van der Waals surface area (Å²) in [5.41, 5.74) is 0. The lowest BCUT2D eigenvalue weighted by Gasteiger charge is -2.46. The number of hydrogen-bond acceptors (Lipinski definition) is 13. The van der Waals surface area contributed by atoms with Gasteiger partial charge in [0.1, 0.15) is 48.8 Å². The maximum Gasteiger partial charge on any atom is 0.220 e. The van der Waals surface area contributed by atoms with Crippen molar-refractivity contribution in [2.45, 2.75) is 357 Å². The maximum absolute atomic E-state index is 13.3. The molecule has 0 saturated carbocycles. The van der Waals surface area contributed by atoms with E-state index < -0.39 is 86.8 Å². The van der Waals surface area contributed by atoms with E-state index in [9.17, 15) is 45.6 Å². The SMILES string of the molecule is CC/C=C\C/C=C\C/C=C\C/C=C\C/C=C\C/C=C\C/C=C\CCCCCCCCCCCCCCCCCCCCCC(=O)NC(COC1OC(CO)C(OC2OC(CO)C(O)C(O)C2O)C(O)C1O)C(O)CCCCCCCCCCCCCCC. The van der Waals surface area contributed by atoms with E-state index >= 15 is 0 Å². The Morgan fingerprint density at radius 1 is 0.420 bits per heavy atom. The summed E-state index contributed by atoms with van der Waals surface area (Å²) in [6.07, 6.45) is 63.3. The molecule has 2 saturated heterocycles. The lowest BCUT2D eigenvalue weighted by Crippen LogP contribution is -2.65. The third-order valence-corrected chi connectivity index (χ3v) is 17.1. The number of nitrogens with one attached hydrogen (secondary N) is 1. The van der Waals surface area contributed by atoms with Crippen molar-refractivity contribution in [2.75, 3.05) is 19.8 Å². The molecular weight excluding hydrogens is 1110 g/mol. The standard InChI is InChI=1S/C74H131NO13/c1-3-5-7-9-11-13-15-17-18-19-20-21-22-23-24-25-26-27-28-29-30-31-32-33-34-35-36-37-38-39-40-41-42-43-44-46-48-50-52-54-56-58-66(79)75-62(63(78)57-55-53-51-49-47-45-16-14-12-10-8-6-4-2)61-85-73-71(84)69(82)72(65(60-77)87-73)88-74-70(83)68(81)67(80)64(59-76)86-74/h5,7,11,13,17-18,20-21,23-24,26-27,29-30,62-65,67-74,76-78,80-84H,3-4,6,8-10,12,14-16,19,22,25,28,31-61H2,1-2H3,(H,75,79)/b7-5-,13-11-,18-17-,21-20-,24-23-,27-26-,30-29-. The zero-order valence-corrected chi connectivity index (χ0v) is 55.4. The molecule has 14 heteroatoms. The molecule has 9 N–H and O–H groups in total. The van der Waals surface area contributed by atoms with Crippen molar-refractivity contribution in [3.8, 4) is 0 Å². The van der Waals surface area contributed by atoms with E-state index in [4.69, 9.17) is 18.9 Å². The molecule has 0 aromatic heterocycles. The molecule has 0 bridgehead atoms. The van der Waals surface area contributed by atoms with Crippen LogP contribution in [0.1, 0.15) is 284 Å². The molecule has 2 aliphatic rings. The van der Waals surface area contributed by atoms with Crippen LogP contribution in [0.3, 0.4) is 0 Å². The Morgan fingerprint density at radius 2 is 0.784 bits per heavy atom. The van der Waals surface area contributed by atoms with Crippen LogP contribution < -0.4 is 5.32 Å². The molecule has 0 aromatic rings. The quantitative estimate of drug-likeness (QED) is 0.0204. The number of hydrogen-bond donors (Lipinski definition) is 9. The number of aliphatic hydroxyl groups is 8. The van der Waals surface area contributed by atoms with E-state index in [1.807, 2.05) is 0 Å². The van der Waals surface area contributed by atoms with Crippen LogP contribution in [0, 0.1) is 0 Å². The molecule has 2 heterocycles. The van der Waals surface area contributed by atoms with Crippen molar-refractivity contribution in [1.29, 1.82) is 0 Å². The largest absolute Gasteiger partial charge is 0.394 e. The lowest BCUT2D eigenvalue weighted by atomic mass is 9.97. The molecule has 1 amide bonds. The van der Waals surface area contributed by atoms with Gasteiger partial charge in [-0.1, -0.05) is 292 Å². The first-order valence-corrected chi connectivity index (χ1v) is 35.8. The second-order valence-corrected chi connectivity index (χ2v) is 25.0. The molecule has 12 unspecified atom stereocenters. The van der Waals surface area contributed by atoms with Crippen LogP contribution in [-0.2, 0) is 23.7 Å². The Balaban J connectivity index is 1.55. The summed E-state index contributed by atoms with van der Waals surface area (Å²) in [7, 11) is 0. The normalized spacial score (nSPS) is 23.7. The second-order valence-electron chi connectivity index (χ2n) is 25.0. The monoisotopic (exact) mass is 1240 g/mol. The van der Waals surface area contributed by atoms with Crippen molar-refractivity contribution in [3.05, 3.63) is 85.1 Å². The molecule has 0 radical (unpaired) electrons. The number of unbranched alkanes of at least 4 members (excludes halogenated alkanes) is 31. The number of ether oxygens (including phenoxy) is 4. The number of rotatable bonds is 58. The summed E-state index contributed by atoms with van der Waals surface area (Å²) in [4.78, 5) is 13.3. The van der Waals surface area contributed by atoms with Gasteiger partial charge in [-0.25, -0.2) is 0 Å². The van der Waals surface area contributed by atoms with E-state index in [1.54, 1.807) is 0 Å². The van der Waals surface area contributed by atoms with Crippen LogP contribution >= 0.6 is 0 Å². The van der Waals surface area contributed by atoms with Gasteiger partial charge in [-0.2, -0.15) is 0 Å². The number of carbonyl (C=O) groups is 1. The summed E-state index contributed by atoms with van der Waals surface area (Å²) in [5.74, 6) is -0.205. The Kier molecular flexibility index (Phi) is 53.6. The van der Waals surface area contributed by atoms with Gasteiger partial charge >= 0.3 is 0 Å². The Bertz CT molecular complexity index is 1800. The highest BCUT2D eigenvalue weighted by Gasteiger charge is 2.51. The zero-order valence-electron chi connectivity index (χ0n) is 55.4. The van der Waals surface area contributed by atoms with E-state index in [-0.39, 0.29) is 12.5 Å². The van der Waals surface area contributed by atoms with Crippen molar-refractivity contribution in [2.24, 2.45) is 0 Å². The molecule has 2 fully saturated rings. The average Bonchev–Trinajstić information content (AvgIpc) is 2.45. The predicted molar refractivity (Wildman–Crippen MR) is 360 cm³/mol. The van der Waals surface area contributed by atoms with Crippen LogP contribution in [-0.4, -0.2) is 140 Å². The smallest absolute Gasteiger partial charge is 0.220 e. The minimum Gasteiger partial charge on any atom is -0.394 e. The lowest BCUT2D eigenvalue weighted by molar-refractivity contribution is -0.359. The van der Waals surface area contributed by atoms with Gasteiger partial charge in [0.25, 0.3) is 0 Å². The topological polar surface area (TPSA) is 228 Å². The fourth-order valence-corrected chi connectivity index (χ4v) is 11.5. The maximum atomic E-state index is 13.3. The van der Waals surface area contributed by atoms with Crippen molar-refractivity contribution in [1.82, 2.24) is 5.32 Å². The molecule has 12 atom stereocenters. The molecule has 0 spiro atoms. The number of allylic oxidation sites excluding steroid dienone is 14. The highest BCUT2D eigenvalue weighted by atomic mass is 16.7. The van der Waals surface area contributed by atoms with Crippen molar-refractivity contribution >= 4 is 5.91 Å². The third kappa shape index (κ3) is 41.6. The summed E-state index contributed by atoms with van der Waals surface area (Å²) < 4.78 is 22.9.